The van der Waals surface area contributed by atoms with E-state index in [9.17, 15) is 4.79 Å². The molecule has 0 amide bonds. The number of pyridine rings is 1. The number of aryl methyl sites for hydroxylation is 1. The van der Waals surface area contributed by atoms with Gasteiger partial charge >= 0.3 is 0 Å². The van der Waals surface area contributed by atoms with Crippen LogP contribution in [0.1, 0.15) is 24.0 Å². The SMILES string of the molecule is COc1ccc2c(C)cc(=O)n(CCN3CCC(NCc4ccc5c(c4)OCCO5)CC3)c2c1. The number of aromatic nitrogens is 1. The van der Waals surface area contributed by atoms with Crippen LogP contribution in [0.4, 0.5) is 0 Å². The first-order valence-electron chi connectivity index (χ1n) is 12.1. The lowest BCUT2D eigenvalue weighted by Gasteiger charge is -2.32. The summed E-state index contributed by atoms with van der Waals surface area (Å²) in [6.45, 7) is 7.65. The molecule has 1 fully saturated rings. The highest BCUT2D eigenvalue weighted by molar-refractivity contribution is 5.83. The summed E-state index contributed by atoms with van der Waals surface area (Å²) in [5.41, 5.74) is 3.21. The monoisotopic (exact) mass is 463 g/mol. The number of fused-ring (bicyclic) bond motifs is 2. The number of nitrogens with one attached hydrogen (secondary N) is 1. The Balaban J connectivity index is 1.15. The smallest absolute Gasteiger partial charge is 0.251 e. The van der Waals surface area contributed by atoms with Gasteiger partial charge in [-0.2, -0.15) is 0 Å². The third-order valence-corrected chi connectivity index (χ3v) is 6.96. The van der Waals surface area contributed by atoms with Crippen LogP contribution in [0.5, 0.6) is 17.2 Å². The maximum Gasteiger partial charge on any atom is 0.251 e. The van der Waals surface area contributed by atoms with Crippen molar-refractivity contribution in [1.82, 2.24) is 14.8 Å². The Hall–Kier alpha value is -3.03. The van der Waals surface area contributed by atoms with Crippen molar-refractivity contribution in [2.24, 2.45) is 0 Å². The van der Waals surface area contributed by atoms with Crippen molar-refractivity contribution in [3.63, 3.8) is 0 Å². The van der Waals surface area contributed by atoms with E-state index in [0.29, 0.717) is 25.8 Å². The number of nitrogens with zero attached hydrogens (tertiary/aromatic N) is 2. The maximum atomic E-state index is 12.8. The quantitative estimate of drug-likeness (QED) is 0.580. The summed E-state index contributed by atoms with van der Waals surface area (Å²) < 4.78 is 18.6. The first-order valence-corrected chi connectivity index (χ1v) is 12.1. The summed E-state index contributed by atoms with van der Waals surface area (Å²) in [5.74, 6) is 2.45. The number of rotatable bonds is 7. The van der Waals surface area contributed by atoms with Gasteiger partial charge in [0.25, 0.3) is 5.56 Å². The summed E-state index contributed by atoms with van der Waals surface area (Å²) in [4.78, 5) is 15.2. The minimum Gasteiger partial charge on any atom is -0.497 e. The minimum atomic E-state index is 0.0502. The van der Waals surface area contributed by atoms with Gasteiger partial charge in [0.15, 0.2) is 11.5 Å². The molecule has 1 saturated heterocycles. The molecule has 2 aliphatic rings. The predicted molar refractivity (Wildman–Crippen MR) is 133 cm³/mol. The Morgan fingerprint density at radius 3 is 2.59 bits per heavy atom. The van der Waals surface area contributed by atoms with Crippen LogP contribution in [-0.2, 0) is 13.1 Å². The van der Waals surface area contributed by atoms with E-state index in [1.807, 2.05) is 35.8 Å². The van der Waals surface area contributed by atoms with Crippen molar-refractivity contribution in [1.29, 1.82) is 0 Å². The minimum absolute atomic E-state index is 0.0502. The highest BCUT2D eigenvalue weighted by Gasteiger charge is 2.20. The van der Waals surface area contributed by atoms with Crippen molar-refractivity contribution in [2.75, 3.05) is 40.0 Å². The van der Waals surface area contributed by atoms with Crippen molar-refractivity contribution >= 4 is 10.9 Å². The molecule has 0 unspecified atom stereocenters. The van der Waals surface area contributed by atoms with E-state index in [2.05, 4.69) is 22.3 Å². The van der Waals surface area contributed by atoms with Gasteiger partial charge in [-0.05, 0) is 68.2 Å². The average Bonchev–Trinajstić information content (AvgIpc) is 2.87. The predicted octanol–water partition coefficient (Wildman–Crippen LogP) is 3.34. The third-order valence-electron chi connectivity index (χ3n) is 6.96. The third kappa shape index (κ3) is 4.91. The zero-order valence-electron chi connectivity index (χ0n) is 20.0. The Labute approximate surface area is 200 Å². The number of ether oxygens (including phenoxy) is 3. The van der Waals surface area contributed by atoms with Gasteiger partial charge in [-0.1, -0.05) is 6.07 Å². The van der Waals surface area contributed by atoms with Crippen LogP contribution in [0, 0.1) is 6.92 Å². The highest BCUT2D eigenvalue weighted by Crippen LogP contribution is 2.30. The summed E-state index contributed by atoms with van der Waals surface area (Å²) in [6.07, 6.45) is 2.20. The molecule has 0 radical (unpaired) electrons. The van der Waals surface area contributed by atoms with Crippen LogP contribution < -0.4 is 25.1 Å². The zero-order valence-corrected chi connectivity index (χ0v) is 20.0. The molecule has 3 aromatic rings. The summed E-state index contributed by atoms with van der Waals surface area (Å²) >= 11 is 0. The number of likely N-dealkylation sites (tertiary alicyclic amines) is 1. The molecule has 2 aromatic carbocycles. The second-order valence-electron chi connectivity index (χ2n) is 9.18. The van der Waals surface area contributed by atoms with Gasteiger partial charge < -0.3 is 29.0 Å². The van der Waals surface area contributed by atoms with Crippen molar-refractivity contribution in [3.05, 3.63) is 63.9 Å². The molecule has 7 heteroatoms. The fraction of sp³-hybridized carbons (Fsp3) is 0.444. The second kappa shape index (κ2) is 10.1. The number of piperidine rings is 1. The summed E-state index contributed by atoms with van der Waals surface area (Å²) in [6, 6.07) is 14.4. The van der Waals surface area contributed by atoms with Crippen molar-refractivity contribution < 1.29 is 14.2 Å². The Bertz CT molecular complexity index is 1210. The van der Waals surface area contributed by atoms with E-state index in [1.54, 1.807) is 13.2 Å². The van der Waals surface area contributed by atoms with Crippen LogP contribution >= 0.6 is 0 Å². The standard InChI is InChI=1S/C27H33N3O4/c1-19-15-27(31)30(24-17-22(32-2)4-5-23(19)24)12-11-29-9-7-21(8-10-29)28-18-20-3-6-25-26(16-20)34-14-13-33-25/h3-6,15-17,21,28H,7-14,18H2,1-2H3. The maximum absolute atomic E-state index is 12.8. The van der Waals surface area contributed by atoms with E-state index in [-0.39, 0.29) is 5.56 Å². The zero-order chi connectivity index (χ0) is 23.5. The highest BCUT2D eigenvalue weighted by atomic mass is 16.6. The van der Waals surface area contributed by atoms with Crippen LogP contribution in [0.25, 0.3) is 10.9 Å². The van der Waals surface area contributed by atoms with Crippen LogP contribution in [0.3, 0.4) is 0 Å². The van der Waals surface area contributed by atoms with Crippen LogP contribution in [0.2, 0.25) is 0 Å². The molecular formula is C27H33N3O4. The van der Waals surface area contributed by atoms with E-state index in [1.165, 1.54) is 5.56 Å². The molecule has 7 nitrogen and oxygen atoms in total. The van der Waals surface area contributed by atoms with E-state index >= 15 is 0 Å². The fourth-order valence-electron chi connectivity index (χ4n) is 4.95. The van der Waals surface area contributed by atoms with Gasteiger partial charge in [0, 0.05) is 43.2 Å². The van der Waals surface area contributed by atoms with Gasteiger partial charge in [-0.15, -0.1) is 0 Å². The number of hydrogen-bond acceptors (Lipinski definition) is 6. The largest absolute Gasteiger partial charge is 0.497 e. The topological polar surface area (TPSA) is 65.0 Å². The Kier molecular flexibility index (Phi) is 6.74. The molecular weight excluding hydrogens is 430 g/mol. The molecule has 0 aliphatic carbocycles. The molecule has 1 N–H and O–H groups in total. The molecule has 34 heavy (non-hydrogen) atoms. The first-order chi connectivity index (χ1) is 16.6. The molecule has 0 saturated carbocycles. The molecule has 5 rings (SSSR count). The Morgan fingerprint density at radius 1 is 1.00 bits per heavy atom. The average molecular weight is 464 g/mol. The Morgan fingerprint density at radius 2 is 1.79 bits per heavy atom. The van der Waals surface area contributed by atoms with Crippen LogP contribution in [-0.4, -0.2) is 55.5 Å². The normalized spacial score (nSPS) is 16.6. The molecule has 0 spiro atoms. The van der Waals surface area contributed by atoms with Crippen LogP contribution in [0.15, 0.2) is 47.3 Å². The molecule has 3 heterocycles. The number of methoxy groups -OCH3 is 1. The molecule has 180 valence electrons. The second-order valence-corrected chi connectivity index (χ2v) is 9.18. The number of hydrogen-bond donors (Lipinski definition) is 1. The van der Waals surface area contributed by atoms with Gasteiger partial charge in [0.1, 0.15) is 19.0 Å². The first kappa shape index (κ1) is 22.7. The molecule has 2 aliphatic heterocycles. The molecule has 1 aromatic heterocycles. The lowest BCUT2D eigenvalue weighted by atomic mass is 10.0. The van der Waals surface area contributed by atoms with Crippen molar-refractivity contribution in [3.8, 4) is 17.2 Å². The number of benzene rings is 2. The summed E-state index contributed by atoms with van der Waals surface area (Å²) in [5, 5.41) is 4.80. The van der Waals surface area contributed by atoms with Gasteiger partial charge in [0.05, 0.1) is 12.6 Å². The van der Waals surface area contributed by atoms with E-state index < -0.39 is 0 Å². The molecule has 0 atom stereocenters. The van der Waals surface area contributed by atoms with E-state index in [4.69, 9.17) is 14.2 Å². The lowest BCUT2D eigenvalue weighted by Crippen LogP contribution is -2.43. The molecule has 0 bridgehead atoms. The van der Waals surface area contributed by atoms with E-state index in [0.717, 1.165) is 72.7 Å². The van der Waals surface area contributed by atoms with Crippen molar-refractivity contribution in [2.45, 2.75) is 38.9 Å². The van der Waals surface area contributed by atoms with Gasteiger partial charge in [0.2, 0.25) is 0 Å². The fourth-order valence-corrected chi connectivity index (χ4v) is 4.95. The lowest BCUT2D eigenvalue weighted by molar-refractivity contribution is 0.171. The summed E-state index contributed by atoms with van der Waals surface area (Å²) in [7, 11) is 1.66. The van der Waals surface area contributed by atoms with Gasteiger partial charge in [-0.25, -0.2) is 0 Å². The van der Waals surface area contributed by atoms with Gasteiger partial charge in [-0.3, -0.25) is 4.79 Å².